The van der Waals surface area contributed by atoms with Crippen LogP contribution in [0.3, 0.4) is 0 Å². The molecule has 0 heterocycles. The summed E-state index contributed by atoms with van der Waals surface area (Å²) in [7, 11) is 2.35. The Morgan fingerprint density at radius 1 is 0.815 bits per heavy atom. The third-order valence-electron chi connectivity index (χ3n) is 3.37. The van der Waals surface area contributed by atoms with Crippen molar-refractivity contribution in [3.8, 4) is 0 Å². The number of hydrogen-bond donors (Lipinski definition) is 2. The molecule has 0 fully saturated rings. The Kier molecular flexibility index (Phi) is 6.42. The lowest BCUT2D eigenvalue weighted by molar-refractivity contribution is -0.114. The molecule has 0 bridgehead atoms. The van der Waals surface area contributed by atoms with E-state index < -0.39 is 29.5 Å². The summed E-state index contributed by atoms with van der Waals surface area (Å²) in [6, 6.07) is 6.67. The van der Waals surface area contributed by atoms with E-state index in [1.165, 1.54) is 32.4 Å². The molecule has 0 atom stereocenters. The van der Waals surface area contributed by atoms with E-state index in [-0.39, 0.29) is 29.0 Å². The number of benzene rings is 2. The van der Waals surface area contributed by atoms with E-state index in [1.807, 2.05) is 0 Å². The number of carbonyl (C=O) groups excluding carboxylic acids is 3. The van der Waals surface area contributed by atoms with Crippen molar-refractivity contribution in [2.45, 2.75) is 0 Å². The minimum absolute atomic E-state index is 0.0378. The number of rotatable bonds is 6. The number of anilines is 2. The van der Waals surface area contributed by atoms with Crippen molar-refractivity contribution in [3.63, 3.8) is 0 Å². The van der Waals surface area contributed by atoms with Crippen LogP contribution >= 0.6 is 0 Å². The summed E-state index contributed by atoms with van der Waals surface area (Å²) in [6.45, 7) is -0.307. The second-order valence-corrected chi connectivity index (χ2v) is 5.34. The van der Waals surface area contributed by atoms with E-state index in [9.17, 15) is 23.2 Å². The average molecular weight is 378 g/mol. The quantitative estimate of drug-likeness (QED) is 0.751. The Hall–Kier alpha value is -3.49. The van der Waals surface area contributed by atoms with Crippen LogP contribution in [0.1, 0.15) is 20.7 Å². The molecule has 0 unspecified atom stereocenters. The van der Waals surface area contributed by atoms with E-state index >= 15 is 0 Å². The Morgan fingerprint density at radius 2 is 1.33 bits per heavy atom. The summed E-state index contributed by atoms with van der Waals surface area (Å²) in [4.78, 5) is 35.5. The van der Waals surface area contributed by atoms with Gasteiger partial charge in [0.1, 0.15) is 11.6 Å². The smallest absolute Gasteiger partial charge is 0.337 e. The highest BCUT2D eigenvalue weighted by Crippen LogP contribution is 2.17. The highest BCUT2D eigenvalue weighted by atomic mass is 19.1. The normalized spacial score (nSPS) is 10.1. The number of halogens is 2. The summed E-state index contributed by atoms with van der Waals surface area (Å²) < 4.78 is 35.5. The predicted molar refractivity (Wildman–Crippen MR) is 92.6 cm³/mol. The molecule has 9 heteroatoms. The van der Waals surface area contributed by atoms with Crippen LogP contribution < -0.4 is 10.6 Å². The maximum Gasteiger partial charge on any atom is 0.337 e. The molecule has 0 saturated heterocycles. The third-order valence-corrected chi connectivity index (χ3v) is 3.37. The first kappa shape index (κ1) is 19.8. The number of carbonyl (C=O) groups is 3. The second-order valence-electron chi connectivity index (χ2n) is 5.34. The minimum atomic E-state index is -0.786. The molecule has 27 heavy (non-hydrogen) atoms. The lowest BCUT2D eigenvalue weighted by atomic mass is 10.1. The number of ether oxygens (including phenoxy) is 2. The van der Waals surface area contributed by atoms with E-state index in [0.717, 1.165) is 12.1 Å². The number of esters is 2. The van der Waals surface area contributed by atoms with Gasteiger partial charge in [-0.15, -0.1) is 0 Å². The van der Waals surface area contributed by atoms with Gasteiger partial charge in [0, 0.05) is 17.4 Å². The molecule has 2 rings (SSSR count). The van der Waals surface area contributed by atoms with E-state index in [4.69, 9.17) is 0 Å². The Balaban J connectivity index is 2.13. The first-order valence-corrected chi connectivity index (χ1v) is 7.64. The third kappa shape index (κ3) is 5.50. The lowest BCUT2D eigenvalue weighted by Gasteiger charge is -2.11. The van der Waals surface area contributed by atoms with Crippen LogP contribution in [0.25, 0.3) is 0 Å². The van der Waals surface area contributed by atoms with Crippen molar-refractivity contribution < 1.29 is 32.6 Å². The molecule has 1 amide bonds. The molecule has 2 N–H and O–H groups in total. The molecule has 0 aliphatic heterocycles. The van der Waals surface area contributed by atoms with Crippen LogP contribution in [0.4, 0.5) is 20.2 Å². The zero-order valence-corrected chi connectivity index (χ0v) is 14.5. The summed E-state index contributed by atoms with van der Waals surface area (Å²) >= 11 is 0. The Morgan fingerprint density at radius 3 is 1.81 bits per heavy atom. The van der Waals surface area contributed by atoms with Crippen LogP contribution in [0.15, 0.2) is 36.4 Å². The molecular weight excluding hydrogens is 362 g/mol. The summed E-state index contributed by atoms with van der Waals surface area (Å²) in [6.07, 6.45) is 0. The average Bonchev–Trinajstić information content (AvgIpc) is 2.64. The Labute approximate surface area is 153 Å². The van der Waals surface area contributed by atoms with Gasteiger partial charge in [0.2, 0.25) is 5.91 Å². The molecule has 0 aliphatic rings. The van der Waals surface area contributed by atoms with Crippen LogP contribution in [0.5, 0.6) is 0 Å². The van der Waals surface area contributed by atoms with Crippen molar-refractivity contribution in [1.82, 2.24) is 0 Å². The predicted octanol–water partition coefficient (Wildman–Crippen LogP) is 2.59. The molecule has 7 nitrogen and oxygen atoms in total. The second kappa shape index (κ2) is 8.75. The Bertz CT molecular complexity index is 832. The molecule has 0 aromatic heterocycles. The van der Waals surface area contributed by atoms with Crippen molar-refractivity contribution in [2.24, 2.45) is 0 Å². The van der Waals surface area contributed by atoms with Gasteiger partial charge in [0.05, 0.1) is 31.9 Å². The maximum absolute atomic E-state index is 13.1. The van der Waals surface area contributed by atoms with Gasteiger partial charge in [-0.3, -0.25) is 4.79 Å². The SMILES string of the molecule is COC(=O)c1cc(NC(=O)CNc2cc(F)cc(F)c2)cc(C(=O)OC)c1. The first-order valence-electron chi connectivity index (χ1n) is 7.64. The van der Waals surface area contributed by atoms with Gasteiger partial charge in [0.25, 0.3) is 0 Å². The molecule has 2 aromatic rings. The monoisotopic (exact) mass is 378 g/mol. The van der Waals surface area contributed by atoms with Gasteiger partial charge >= 0.3 is 11.9 Å². The van der Waals surface area contributed by atoms with E-state index in [2.05, 4.69) is 20.1 Å². The van der Waals surface area contributed by atoms with Crippen LogP contribution in [0.2, 0.25) is 0 Å². The van der Waals surface area contributed by atoms with Gasteiger partial charge in [-0.25, -0.2) is 18.4 Å². The fraction of sp³-hybridized carbons (Fsp3) is 0.167. The molecule has 0 saturated carbocycles. The molecule has 2 aromatic carbocycles. The lowest BCUT2D eigenvalue weighted by Crippen LogP contribution is -2.22. The zero-order chi connectivity index (χ0) is 20.0. The van der Waals surface area contributed by atoms with Crippen LogP contribution in [-0.4, -0.2) is 38.6 Å². The number of methoxy groups -OCH3 is 2. The van der Waals surface area contributed by atoms with Gasteiger partial charge in [-0.2, -0.15) is 0 Å². The first-order chi connectivity index (χ1) is 12.8. The summed E-state index contributed by atoms with van der Waals surface area (Å²) in [5.74, 6) is -3.55. The highest BCUT2D eigenvalue weighted by Gasteiger charge is 2.15. The molecule has 142 valence electrons. The number of amides is 1. The van der Waals surface area contributed by atoms with Gasteiger partial charge in [0.15, 0.2) is 0 Å². The largest absolute Gasteiger partial charge is 0.465 e. The van der Waals surface area contributed by atoms with Crippen molar-refractivity contribution in [3.05, 3.63) is 59.2 Å². The molecule has 0 spiro atoms. The topological polar surface area (TPSA) is 93.7 Å². The highest BCUT2D eigenvalue weighted by molar-refractivity contribution is 6.00. The zero-order valence-electron chi connectivity index (χ0n) is 14.5. The number of nitrogens with one attached hydrogen (secondary N) is 2. The van der Waals surface area contributed by atoms with Crippen molar-refractivity contribution in [2.75, 3.05) is 31.4 Å². The van der Waals surface area contributed by atoms with Crippen LogP contribution in [0, 0.1) is 11.6 Å². The van der Waals surface area contributed by atoms with Crippen molar-refractivity contribution in [1.29, 1.82) is 0 Å². The van der Waals surface area contributed by atoms with Gasteiger partial charge in [-0.1, -0.05) is 0 Å². The number of hydrogen-bond acceptors (Lipinski definition) is 6. The maximum atomic E-state index is 13.1. The van der Waals surface area contributed by atoms with Gasteiger partial charge < -0.3 is 20.1 Å². The molecule has 0 radical (unpaired) electrons. The van der Waals surface area contributed by atoms with Crippen LogP contribution in [-0.2, 0) is 14.3 Å². The summed E-state index contributed by atoms with van der Waals surface area (Å²) in [5, 5.41) is 5.04. The van der Waals surface area contributed by atoms with E-state index in [0.29, 0.717) is 6.07 Å². The molecule has 0 aliphatic carbocycles. The standard InChI is InChI=1S/C18H16F2N2O5/c1-26-17(24)10-3-11(18(25)27-2)5-15(4-10)22-16(23)9-21-14-7-12(19)6-13(20)8-14/h3-8,21H,9H2,1-2H3,(H,22,23). The fourth-order valence-corrected chi connectivity index (χ4v) is 2.21. The minimum Gasteiger partial charge on any atom is -0.465 e. The van der Waals surface area contributed by atoms with E-state index in [1.54, 1.807) is 0 Å². The van der Waals surface area contributed by atoms with Crippen molar-refractivity contribution >= 4 is 29.2 Å². The molecular formula is C18H16F2N2O5. The van der Waals surface area contributed by atoms with Gasteiger partial charge in [-0.05, 0) is 30.3 Å². The fourth-order valence-electron chi connectivity index (χ4n) is 2.21. The summed E-state index contributed by atoms with van der Waals surface area (Å²) in [5.41, 5.74) is 0.309.